The molecule has 4 saturated carbocycles. The van der Waals surface area contributed by atoms with Crippen molar-refractivity contribution in [2.24, 2.45) is 34.1 Å². The summed E-state index contributed by atoms with van der Waals surface area (Å²) in [4.78, 5) is 0. The predicted molar refractivity (Wildman–Crippen MR) is 62.3 cm³/mol. The summed E-state index contributed by atoms with van der Waals surface area (Å²) in [6.45, 7) is 1.80. The number of nitrogens with two attached hydrogens (primary N) is 2. The average molecular weight is 208 g/mol. The van der Waals surface area contributed by atoms with Gasteiger partial charge in [-0.15, -0.1) is 0 Å². The normalized spacial score (nSPS) is 52.4. The van der Waals surface area contributed by atoms with Crippen molar-refractivity contribution >= 4 is 0 Å². The molecule has 4 aliphatic rings. The second-order valence-corrected chi connectivity index (χ2v) is 6.70. The van der Waals surface area contributed by atoms with E-state index in [2.05, 4.69) is 0 Å². The quantitative estimate of drug-likeness (QED) is 0.744. The summed E-state index contributed by atoms with van der Waals surface area (Å²) in [5.41, 5.74) is 13.0. The Morgan fingerprint density at radius 3 is 2.07 bits per heavy atom. The molecule has 0 aromatic rings. The van der Waals surface area contributed by atoms with Gasteiger partial charge in [0.1, 0.15) is 0 Å². The fourth-order valence-corrected chi connectivity index (χ4v) is 5.49. The number of rotatable bonds is 3. The first-order valence-electron chi connectivity index (χ1n) is 6.59. The van der Waals surface area contributed by atoms with Gasteiger partial charge in [0.25, 0.3) is 0 Å². The lowest BCUT2D eigenvalue weighted by Crippen LogP contribution is -2.54. The first kappa shape index (κ1) is 10.1. The second kappa shape index (κ2) is 3.21. The van der Waals surface area contributed by atoms with Crippen molar-refractivity contribution in [3.63, 3.8) is 0 Å². The van der Waals surface area contributed by atoms with Gasteiger partial charge in [0, 0.05) is 0 Å². The minimum atomic E-state index is 0.527. The fourth-order valence-electron chi connectivity index (χ4n) is 5.49. The highest BCUT2D eigenvalue weighted by molar-refractivity contribution is 5.07. The third kappa shape index (κ3) is 1.45. The van der Waals surface area contributed by atoms with Gasteiger partial charge < -0.3 is 11.5 Å². The topological polar surface area (TPSA) is 52.0 Å². The second-order valence-electron chi connectivity index (χ2n) is 6.70. The van der Waals surface area contributed by atoms with Gasteiger partial charge in [-0.3, -0.25) is 0 Å². The molecule has 2 nitrogen and oxygen atoms in total. The summed E-state index contributed by atoms with van der Waals surface area (Å²) in [5, 5.41) is 0. The zero-order valence-electron chi connectivity index (χ0n) is 9.67. The molecule has 0 aliphatic heterocycles. The van der Waals surface area contributed by atoms with Crippen LogP contribution >= 0.6 is 0 Å². The van der Waals surface area contributed by atoms with E-state index in [9.17, 15) is 0 Å². The molecule has 4 bridgehead atoms. The summed E-state index contributed by atoms with van der Waals surface area (Å²) in [6.07, 6.45) is 9.90. The van der Waals surface area contributed by atoms with E-state index in [4.69, 9.17) is 11.5 Å². The maximum atomic E-state index is 6.05. The van der Waals surface area contributed by atoms with Crippen LogP contribution in [-0.2, 0) is 0 Å². The number of hydrogen-bond acceptors (Lipinski definition) is 2. The van der Waals surface area contributed by atoms with E-state index in [0.717, 1.165) is 24.9 Å². The zero-order chi connectivity index (χ0) is 10.5. The Morgan fingerprint density at radius 1 is 0.933 bits per heavy atom. The average Bonchev–Trinajstić information content (AvgIpc) is 2.15. The predicted octanol–water partition coefficient (Wildman–Crippen LogP) is 1.88. The molecule has 0 spiro atoms. The highest BCUT2D eigenvalue weighted by Crippen LogP contribution is 2.65. The van der Waals surface area contributed by atoms with Gasteiger partial charge in [0.15, 0.2) is 0 Å². The molecule has 4 aliphatic carbocycles. The molecule has 2 heteroatoms. The first-order valence-corrected chi connectivity index (χ1v) is 6.59. The van der Waals surface area contributed by atoms with Crippen LogP contribution in [0, 0.1) is 22.7 Å². The van der Waals surface area contributed by atoms with Crippen molar-refractivity contribution in [2.45, 2.75) is 44.9 Å². The van der Waals surface area contributed by atoms with E-state index < -0.39 is 0 Å². The SMILES string of the molecule is NCCC12C[C@@H]3C[C@@H](CC(CN)(C3)C1)C2. The van der Waals surface area contributed by atoms with Crippen molar-refractivity contribution in [3.05, 3.63) is 0 Å². The molecule has 0 heterocycles. The van der Waals surface area contributed by atoms with Crippen LogP contribution in [0.5, 0.6) is 0 Å². The van der Waals surface area contributed by atoms with Crippen LogP contribution < -0.4 is 11.5 Å². The summed E-state index contributed by atoms with van der Waals surface area (Å²) < 4.78 is 0. The van der Waals surface area contributed by atoms with E-state index in [0.29, 0.717) is 10.8 Å². The van der Waals surface area contributed by atoms with Gasteiger partial charge >= 0.3 is 0 Å². The Hall–Kier alpha value is -0.0800. The van der Waals surface area contributed by atoms with Crippen molar-refractivity contribution in [3.8, 4) is 0 Å². The minimum absolute atomic E-state index is 0.527. The van der Waals surface area contributed by atoms with Gasteiger partial charge in [-0.25, -0.2) is 0 Å². The van der Waals surface area contributed by atoms with E-state index >= 15 is 0 Å². The maximum Gasteiger partial charge on any atom is -0.00201 e. The summed E-state index contributed by atoms with van der Waals surface area (Å²) >= 11 is 0. The van der Waals surface area contributed by atoms with Gasteiger partial charge in [0.05, 0.1) is 0 Å². The molecule has 4 N–H and O–H groups in total. The molecule has 0 aromatic heterocycles. The van der Waals surface area contributed by atoms with Crippen molar-refractivity contribution in [2.75, 3.05) is 13.1 Å². The molecule has 4 fully saturated rings. The van der Waals surface area contributed by atoms with Crippen LogP contribution in [0.25, 0.3) is 0 Å². The maximum absolute atomic E-state index is 6.05. The summed E-state index contributed by atoms with van der Waals surface area (Å²) in [7, 11) is 0. The van der Waals surface area contributed by atoms with Crippen LogP contribution in [-0.4, -0.2) is 13.1 Å². The van der Waals surface area contributed by atoms with Crippen LogP contribution in [0.3, 0.4) is 0 Å². The van der Waals surface area contributed by atoms with E-state index in [-0.39, 0.29) is 0 Å². The Bertz CT molecular complexity index is 247. The molecular formula is C13H24N2. The van der Waals surface area contributed by atoms with E-state index in [1.54, 1.807) is 0 Å². The molecule has 2 unspecified atom stereocenters. The Labute approximate surface area is 92.8 Å². The lowest BCUT2D eigenvalue weighted by Gasteiger charge is -2.62. The molecule has 15 heavy (non-hydrogen) atoms. The zero-order valence-corrected chi connectivity index (χ0v) is 9.67. The smallest absolute Gasteiger partial charge is 0.00201 e. The molecule has 4 atom stereocenters. The van der Waals surface area contributed by atoms with Gasteiger partial charge in [-0.05, 0) is 80.7 Å². The summed E-state index contributed by atoms with van der Waals surface area (Å²) in [5.74, 6) is 1.97. The van der Waals surface area contributed by atoms with Crippen LogP contribution in [0.15, 0.2) is 0 Å². The van der Waals surface area contributed by atoms with E-state index in [1.807, 2.05) is 0 Å². The number of hydrogen-bond donors (Lipinski definition) is 2. The minimum Gasteiger partial charge on any atom is -0.330 e. The monoisotopic (exact) mass is 208 g/mol. The summed E-state index contributed by atoms with van der Waals surface area (Å²) in [6, 6.07) is 0. The molecule has 0 amide bonds. The van der Waals surface area contributed by atoms with E-state index in [1.165, 1.54) is 44.9 Å². The molecule has 4 rings (SSSR count). The first-order chi connectivity index (χ1) is 7.19. The van der Waals surface area contributed by atoms with Crippen LogP contribution in [0.4, 0.5) is 0 Å². The highest BCUT2D eigenvalue weighted by Gasteiger charge is 2.56. The van der Waals surface area contributed by atoms with Gasteiger partial charge in [-0.1, -0.05) is 0 Å². The highest BCUT2D eigenvalue weighted by atomic mass is 14.7. The van der Waals surface area contributed by atoms with Gasteiger partial charge in [-0.2, -0.15) is 0 Å². The van der Waals surface area contributed by atoms with Crippen LogP contribution in [0.2, 0.25) is 0 Å². The molecular weight excluding hydrogens is 184 g/mol. The largest absolute Gasteiger partial charge is 0.330 e. The molecule has 0 aromatic carbocycles. The molecule has 86 valence electrons. The third-order valence-corrected chi connectivity index (χ3v) is 5.41. The molecule has 0 saturated heterocycles. The Balaban J connectivity index is 1.88. The standard InChI is InChI=1S/C13H24N2/c14-2-1-12-4-10-3-11(5-12)7-13(6-10,8-12)9-15/h10-11H,1-9,14-15H2/t10-,11+,12?,13?. The van der Waals surface area contributed by atoms with Crippen molar-refractivity contribution < 1.29 is 0 Å². The van der Waals surface area contributed by atoms with Crippen LogP contribution in [0.1, 0.15) is 44.9 Å². The molecule has 0 radical (unpaired) electrons. The third-order valence-electron chi connectivity index (χ3n) is 5.41. The van der Waals surface area contributed by atoms with Crippen molar-refractivity contribution in [1.82, 2.24) is 0 Å². The van der Waals surface area contributed by atoms with Gasteiger partial charge in [0.2, 0.25) is 0 Å². The lowest BCUT2D eigenvalue weighted by atomic mass is 9.43. The van der Waals surface area contributed by atoms with Crippen molar-refractivity contribution in [1.29, 1.82) is 0 Å². The lowest BCUT2D eigenvalue weighted by molar-refractivity contribution is -0.108. The Kier molecular flexibility index (Phi) is 2.16. The fraction of sp³-hybridized carbons (Fsp3) is 1.00. The Morgan fingerprint density at radius 2 is 1.53 bits per heavy atom.